The Kier molecular flexibility index (Phi) is 3.19. The second-order valence-corrected chi connectivity index (χ2v) is 7.28. The fourth-order valence-corrected chi connectivity index (χ4v) is 4.22. The van der Waals surface area contributed by atoms with Gasteiger partial charge in [-0.15, -0.1) is 0 Å². The Bertz CT molecular complexity index is 987. The molecule has 0 amide bonds. The summed E-state index contributed by atoms with van der Waals surface area (Å²) in [5.41, 5.74) is 2.58. The fourth-order valence-electron chi connectivity index (χ4n) is 4.04. The maximum atomic E-state index is 9.32. The van der Waals surface area contributed by atoms with E-state index in [0.29, 0.717) is 21.9 Å². The summed E-state index contributed by atoms with van der Waals surface area (Å²) in [6, 6.07) is 6.18. The maximum Gasteiger partial charge on any atom is 0.148 e. The van der Waals surface area contributed by atoms with Crippen LogP contribution in [0.4, 0.5) is 5.82 Å². The van der Waals surface area contributed by atoms with Crippen LogP contribution in [-0.2, 0) is 0 Å². The van der Waals surface area contributed by atoms with Crippen LogP contribution in [0.3, 0.4) is 0 Å². The van der Waals surface area contributed by atoms with E-state index >= 15 is 0 Å². The van der Waals surface area contributed by atoms with E-state index in [0.717, 1.165) is 36.3 Å². The van der Waals surface area contributed by atoms with E-state index in [-0.39, 0.29) is 0 Å². The predicted molar refractivity (Wildman–Crippen MR) is 94.4 cm³/mol. The summed E-state index contributed by atoms with van der Waals surface area (Å²) < 4.78 is 1.59. The number of piperidine rings is 2. The number of pyridine rings is 1. The molecule has 25 heavy (non-hydrogen) atoms. The normalized spacial score (nSPS) is 21.8. The van der Waals surface area contributed by atoms with Gasteiger partial charge in [0.1, 0.15) is 33.8 Å². The number of hydrogen-bond donors (Lipinski definition) is 0. The molecule has 0 aromatic carbocycles. The van der Waals surface area contributed by atoms with E-state index in [4.69, 9.17) is 11.6 Å². The van der Waals surface area contributed by atoms with Gasteiger partial charge in [-0.25, -0.2) is 14.5 Å². The average Bonchev–Trinajstić information content (AvgIpc) is 3.03. The van der Waals surface area contributed by atoms with Crippen LogP contribution in [-0.4, -0.2) is 32.7 Å². The van der Waals surface area contributed by atoms with Crippen molar-refractivity contribution in [1.29, 1.82) is 5.26 Å². The predicted octanol–water partition coefficient (Wildman–Crippen LogP) is 3.16. The van der Waals surface area contributed by atoms with Gasteiger partial charge in [0.25, 0.3) is 0 Å². The number of nitriles is 1. The minimum absolute atomic E-state index is 0.329. The van der Waals surface area contributed by atoms with Crippen molar-refractivity contribution in [2.75, 3.05) is 18.0 Å². The third kappa shape index (κ3) is 2.35. The molecule has 0 N–H and O–H groups in total. The Hall–Kier alpha value is -2.65. The van der Waals surface area contributed by atoms with E-state index < -0.39 is 0 Å². The van der Waals surface area contributed by atoms with Gasteiger partial charge in [-0.3, -0.25) is 0 Å². The zero-order chi connectivity index (χ0) is 17.0. The zero-order valence-electron chi connectivity index (χ0n) is 13.4. The summed E-state index contributed by atoms with van der Waals surface area (Å²) in [6.07, 6.45) is 7.68. The first-order chi connectivity index (χ1) is 12.2. The van der Waals surface area contributed by atoms with Crippen molar-refractivity contribution in [2.45, 2.75) is 12.8 Å². The van der Waals surface area contributed by atoms with Gasteiger partial charge in [-0.05, 0) is 36.8 Å². The fraction of sp³-hybridized carbons (Fsp3) is 0.333. The Labute approximate surface area is 149 Å². The number of fused-ring (bicyclic) bond motifs is 3. The molecule has 6 nitrogen and oxygen atoms in total. The van der Waals surface area contributed by atoms with Crippen LogP contribution in [0, 0.1) is 23.2 Å². The Morgan fingerprint density at radius 3 is 2.64 bits per heavy atom. The lowest BCUT2D eigenvalue weighted by molar-refractivity contribution is 0.158. The molecule has 1 aliphatic carbocycles. The van der Waals surface area contributed by atoms with Crippen molar-refractivity contribution < 1.29 is 0 Å². The maximum absolute atomic E-state index is 9.32. The molecule has 2 aliphatic heterocycles. The minimum atomic E-state index is 0.329. The van der Waals surface area contributed by atoms with E-state index in [1.165, 1.54) is 19.0 Å². The highest BCUT2D eigenvalue weighted by atomic mass is 35.5. The van der Waals surface area contributed by atoms with Gasteiger partial charge in [0.05, 0.1) is 12.4 Å². The quantitative estimate of drug-likeness (QED) is 0.710. The molecule has 124 valence electrons. The van der Waals surface area contributed by atoms with Crippen molar-refractivity contribution in [3.05, 3.63) is 41.4 Å². The number of halogens is 1. The van der Waals surface area contributed by atoms with Crippen molar-refractivity contribution in [3.63, 3.8) is 0 Å². The molecule has 5 heterocycles. The molecule has 0 spiro atoms. The number of hydrogen-bond acceptors (Lipinski definition) is 5. The van der Waals surface area contributed by atoms with Crippen molar-refractivity contribution in [1.82, 2.24) is 19.6 Å². The first-order valence-corrected chi connectivity index (χ1v) is 8.74. The van der Waals surface area contributed by atoms with E-state index in [2.05, 4.69) is 26.0 Å². The molecule has 3 aliphatic rings. The largest absolute Gasteiger partial charge is 0.356 e. The molecule has 0 radical (unpaired) electrons. The Morgan fingerprint density at radius 2 is 1.96 bits per heavy atom. The third-order valence-corrected chi connectivity index (χ3v) is 5.41. The Balaban J connectivity index is 1.54. The molecule has 7 heteroatoms. The highest BCUT2D eigenvalue weighted by Gasteiger charge is 2.37. The first-order valence-electron chi connectivity index (χ1n) is 8.36. The summed E-state index contributed by atoms with van der Waals surface area (Å²) in [5.74, 6) is 2.67. The van der Waals surface area contributed by atoms with Crippen LogP contribution < -0.4 is 4.90 Å². The molecule has 3 aromatic rings. The number of anilines is 1. The molecule has 3 aromatic heterocycles. The van der Waals surface area contributed by atoms with Crippen LogP contribution >= 0.6 is 11.6 Å². The van der Waals surface area contributed by atoms with E-state index in [9.17, 15) is 5.26 Å². The summed E-state index contributed by atoms with van der Waals surface area (Å²) in [7, 11) is 0. The monoisotopic (exact) mass is 350 g/mol. The van der Waals surface area contributed by atoms with Gasteiger partial charge in [-0.2, -0.15) is 10.4 Å². The molecule has 3 fully saturated rings. The van der Waals surface area contributed by atoms with Gasteiger partial charge >= 0.3 is 0 Å². The number of nitrogens with zero attached hydrogens (tertiary/aromatic N) is 6. The van der Waals surface area contributed by atoms with Crippen molar-refractivity contribution >= 4 is 22.9 Å². The van der Waals surface area contributed by atoms with Gasteiger partial charge in [0.2, 0.25) is 0 Å². The minimum Gasteiger partial charge on any atom is -0.356 e. The van der Waals surface area contributed by atoms with Crippen LogP contribution in [0.5, 0.6) is 0 Å². The van der Waals surface area contributed by atoms with E-state index in [1.807, 2.05) is 18.3 Å². The lowest BCUT2D eigenvalue weighted by Crippen LogP contribution is -2.48. The molecule has 2 saturated heterocycles. The number of rotatable bonds is 2. The smallest absolute Gasteiger partial charge is 0.148 e. The lowest BCUT2D eigenvalue weighted by Gasteiger charge is -2.47. The molecule has 0 unspecified atom stereocenters. The summed E-state index contributed by atoms with van der Waals surface area (Å²) in [4.78, 5) is 11.4. The SMILES string of the molecule is N#Cc1cnn2cc(Cl)nc(-c3ccc(N4CC5CC(C5)C4)nc3)c12. The van der Waals surface area contributed by atoms with E-state index in [1.54, 1.807) is 10.7 Å². The lowest BCUT2D eigenvalue weighted by atomic mass is 9.71. The number of aromatic nitrogens is 4. The molecule has 2 bridgehead atoms. The van der Waals surface area contributed by atoms with Crippen LogP contribution in [0.1, 0.15) is 18.4 Å². The molecule has 0 atom stereocenters. The van der Waals surface area contributed by atoms with Crippen LogP contribution in [0.15, 0.2) is 30.7 Å². The highest BCUT2D eigenvalue weighted by Crippen LogP contribution is 2.40. The molecular formula is C18H15ClN6. The second-order valence-electron chi connectivity index (χ2n) is 6.89. The standard InChI is InChI=1S/C18H15ClN6/c19-15-10-25-18(14(5-20)7-22-25)17(23-15)13-1-2-16(21-6-13)24-8-11-3-12(4-11)9-24/h1-2,6-7,10-12H,3-4,8-9H2. The van der Waals surface area contributed by atoms with Crippen molar-refractivity contribution in [2.24, 2.45) is 11.8 Å². The van der Waals surface area contributed by atoms with Crippen molar-refractivity contribution in [3.8, 4) is 17.3 Å². The van der Waals surface area contributed by atoms with Gasteiger partial charge in [0.15, 0.2) is 0 Å². The zero-order valence-corrected chi connectivity index (χ0v) is 14.2. The second kappa shape index (κ2) is 5.43. The third-order valence-electron chi connectivity index (χ3n) is 5.22. The molecule has 1 saturated carbocycles. The van der Waals surface area contributed by atoms with Gasteiger partial charge in [0, 0.05) is 24.8 Å². The van der Waals surface area contributed by atoms with Gasteiger partial charge in [-0.1, -0.05) is 11.6 Å². The van der Waals surface area contributed by atoms with Gasteiger partial charge < -0.3 is 4.90 Å². The highest BCUT2D eigenvalue weighted by molar-refractivity contribution is 6.29. The summed E-state index contributed by atoms with van der Waals surface area (Å²) in [6.45, 7) is 2.20. The molecule has 6 rings (SSSR count). The van der Waals surface area contributed by atoms with Crippen LogP contribution in [0.2, 0.25) is 5.15 Å². The average molecular weight is 351 g/mol. The summed E-state index contributed by atoms with van der Waals surface area (Å²) in [5, 5.41) is 13.8. The topological polar surface area (TPSA) is 70.1 Å². The van der Waals surface area contributed by atoms with Crippen LogP contribution in [0.25, 0.3) is 16.8 Å². The Morgan fingerprint density at radius 1 is 1.16 bits per heavy atom. The summed E-state index contributed by atoms with van der Waals surface area (Å²) >= 11 is 6.12. The molecular weight excluding hydrogens is 336 g/mol. The first kappa shape index (κ1) is 14.7.